The molecule has 6 heteroatoms. The van der Waals surface area contributed by atoms with Crippen LogP contribution < -0.4 is 14.2 Å². The molecule has 5 nitrogen and oxygen atoms in total. The summed E-state index contributed by atoms with van der Waals surface area (Å²) in [5.41, 5.74) is 0. The molecule has 90 valence electrons. The summed E-state index contributed by atoms with van der Waals surface area (Å²) >= 11 is 1.24. The maximum atomic E-state index is 10.4. The van der Waals surface area contributed by atoms with Crippen molar-refractivity contribution in [2.75, 3.05) is 14.2 Å². The van der Waals surface area contributed by atoms with Gasteiger partial charge in [-0.25, -0.2) is 4.79 Å². The Morgan fingerprint density at radius 3 is 2.41 bits per heavy atom. The van der Waals surface area contributed by atoms with Crippen molar-refractivity contribution >= 4 is 27.6 Å². The lowest BCUT2D eigenvalue weighted by atomic mass is 10.2. The van der Waals surface area contributed by atoms with Crippen molar-refractivity contribution in [2.24, 2.45) is 0 Å². The summed E-state index contributed by atoms with van der Waals surface area (Å²) in [5, 5.41) is 9.70. The van der Waals surface area contributed by atoms with Crippen molar-refractivity contribution in [3.8, 4) is 16.6 Å². The summed E-state index contributed by atoms with van der Waals surface area (Å²) in [6.07, 6.45) is -1.32. The summed E-state index contributed by atoms with van der Waals surface area (Å²) in [5.74, 6) is 1.20. The Morgan fingerprint density at radius 1 is 1.18 bits per heavy atom. The van der Waals surface area contributed by atoms with Crippen LogP contribution in [0.5, 0.6) is 16.6 Å². The lowest BCUT2D eigenvalue weighted by Gasteiger charge is -2.06. The Hall–Kier alpha value is -1.95. The van der Waals surface area contributed by atoms with Crippen LogP contribution in [-0.2, 0) is 0 Å². The van der Waals surface area contributed by atoms with E-state index in [9.17, 15) is 4.79 Å². The number of carboxylic acid groups (broad SMARTS) is 1. The maximum Gasteiger partial charge on any atom is 0.512 e. The smallest absolute Gasteiger partial charge is 0.493 e. The van der Waals surface area contributed by atoms with Crippen molar-refractivity contribution < 1.29 is 24.1 Å². The largest absolute Gasteiger partial charge is 0.512 e. The van der Waals surface area contributed by atoms with Crippen LogP contribution in [0.1, 0.15) is 0 Å². The molecule has 0 radical (unpaired) electrons. The molecule has 0 saturated carbocycles. The highest BCUT2D eigenvalue weighted by molar-refractivity contribution is 7.20. The lowest BCUT2D eigenvalue weighted by Crippen LogP contribution is -2.00. The van der Waals surface area contributed by atoms with Gasteiger partial charge >= 0.3 is 6.16 Å². The molecule has 0 aliphatic rings. The first-order chi connectivity index (χ1) is 8.13. The van der Waals surface area contributed by atoms with Crippen LogP contribution in [0.3, 0.4) is 0 Å². The highest BCUT2D eigenvalue weighted by atomic mass is 32.1. The van der Waals surface area contributed by atoms with Gasteiger partial charge in [0.1, 0.15) is 0 Å². The van der Waals surface area contributed by atoms with Gasteiger partial charge in [0.25, 0.3) is 0 Å². The minimum absolute atomic E-state index is 0.322. The second-order valence-electron chi connectivity index (χ2n) is 3.18. The zero-order valence-electron chi connectivity index (χ0n) is 9.22. The Balaban J connectivity index is 2.49. The van der Waals surface area contributed by atoms with Crippen molar-refractivity contribution in [1.29, 1.82) is 0 Å². The van der Waals surface area contributed by atoms with Crippen LogP contribution in [0.4, 0.5) is 4.79 Å². The second kappa shape index (κ2) is 4.50. The van der Waals surface area contributed by atoms with Crippen LogP contribution in [0.25, 0.3) is 10.1 Å². The Labute approximate surface area is 101 Å². The van der Waals surface area contributed by atoms with Crippen LogP contribution >= 0.6 is 11.3 Å². The molecule has 0 aliphatic carbocycles. The summed E-state index contributed by atoms with van der Waals surface area (Å²) in [4.78, 5) is 10.4. The molecule has 2 aromatic rings. The molecule has 1 heterocycles. The van der Waals surface area contributed by atoms with Gasteiger partial charge in [-0.15, -0.1) is 0 Å². The SMILES string of the molecule is COc1cc2cc(OC(=O)O)sc2cc1OC. The highest BCUT2D eigenvalue weighted by Gasteiger charge is 2.11. The molecular weight excluding hydrogens is 244 g/mol. The molecular formula is C11H10O5S. The van der Waals surface area contributed by atoms with Gasteiger partial charge in [0, 0.05) is 22.2 Å². The number of carbonyl (C=O) groups is 1. The summed E-state index contributed by atoms with van der Waals surface area (Å²) in [6, 6.07) is 5.21. The Bertz CT molecular complexity index is 519. The average Bonchev–Trinajstić information content (AvgIpc) is 2.66. The van der Waals surface area contributed by atoms with Gasteiger partial charge in [-0.3, -0.25) is 0 Å². The van der Waals surface area contributed by atoms with E-state index in [-0.39, 0.29) is 0 Å². The fourth-order valence-corrected chi connectivity index (χ4v) is 2.40. The monoisotopic (exact) mass is 254 g/mol. The molecule has 0 atom stereocenters. The van der Waals surface area contributed by atoms with Crippen LogP contribution in [0.2, 0.25) is 0 Å². The zero-order chi connectivity index (χ0) is 12.4. The first-order valence-electron chi connectivity index (χ1n) is 4.70. The molecule has 1 aromatic carbocycles. The number of hydrogen-bond donors (Lipinski definition) is 1. The molecule has 0 unspecified atom stereocenters. The average molecular weight is 254 g/mol. The van der Waals surface area contributed by atoms with E-state index in [1.165, 1.54) is 11.3 Å². The number of fused-ring (bicyclic) bond motifs is 1. The molecule has 17 heavy (non-hydrogen) atoms. The van der Waals surface area contributed by atoms with E-state index < -0.39 is 6.16 Å². The Kier molecular flexibility index (Phi) is 3.06. The quantitative estimate of drug-likeness (QED) is 0.853. The number of methoxy groups -OCH3 is 2. The molecule has 0 fully saturated rings. The van der Waals surface area contributed by atoms with E-state index in [0.717, 1.165) is 10.1 Å². The molecule has 1 N–H and O–H groups in total. The topological polar surface area (TPSA) is 65.0 Å². The molecule has 0 amide bonds. The molecule has 0 aliphatic heterocycles. The molecule has 0 spiro atoms. The molecule has 0 bridgehead atoms. The van der Waals surface area contributed by atoms with Gasteiger partial charge in [0.05, 0.1) is 14.2 Å². The van der Waals surface area contributed by atoms with Gasteiger partial charge in [-0.1, -0.05) is 11.3 Å². The minimum Gasteiger partial charge on any atom is -0.493 e. The fourth-order valence-electron chi connectivity index (χ4n) is 1.48. The number of benzene rings is 1. The number of hydrogen-bond acceptors (Lipinski definition) is 5. The highest BCUT2D eigenvalue weighted by Crippen LogP contribution is 2.39. The molecule has 2 rings (SSSR count). The third-order valence-corrected chi connectivity index (χ3v) is 3.16. The van der Waals surface area contributed by atoms with Crippen LogP contribution in [0.15, 0.2) is 18.2 Å². The standard InChI is InChI=1S/C11H10O5S/c1-14-7-3-6-4-10(16-11(12)13)17-9(6)5-8(7)15-2/h3-5H,1-2H3,(H,12,13). The summed E-state index contributed by atoms with van der Waals surface area (Å²) in [7, 11) is 3.09. The van der Waals surface area contributed by atoms with Crippen molar-refractivity contribution in [3.63, 3.8) is 0 Å². The number of thiophene rings is 1. The first kappa shape index (κ1) is 11.5. The van der Waals surface area contributed by atoms with E-state index in [4.69, 9.17) is 14.6 Å². The summed E-state index contributed by atoms with van der Waals surface area (Å²) < 4.78 is 15.8. The van der Waals surface area contributed by atoms with E-state index in [0.29, 0.717) is 16.6 Å². The van der Waals surface area contributed by atoms with Gasteiger partial charge in [0.15, 0.2) is 16.6 Å². The molecule has 0 saturated heterocycles. The van der Waals surface area contributed by atoms with Crippen LogP contribution in [0, 0.1) is 0 Å². The van der Waals surface area contributed by atoms with Gasteiger partial charge in [-0.2, -0.15) is 0 Å². The first-order valence-corrected chi connectivity index (χ1v) is 5.52. The lowest BCUT2D eigenvalue weighted by molar-refractivity contribution is 0.146. The fraction of sp³-hybridized carbons (Fsp3) is 0.182. The Morgan fingerprint density at radius 2 is 1.82 bits per heavy atom. The van der Waals surface area contributed by atoms with E-state index in [1.807, 2.05) is 0 Å². The van der Waals surface area contributed by atoms with E-state index in [2.05, 4.69) is 4.74 Å². The summed E-state index contributed by atoms with van der Waals surface area (Å²) in [6.45, 7) is 0. The zero-order valence-corrected chi connectivity index (χ0v) is 10.0. The number of rotatable bonds is 3. The normalized spacial score (nSPS) is 10.2. The van der Waals surface area contributed by atoms with E-state index in [1.54, 1.807) is 32.4 Å². The van der Waals surface area contributed by atoms with Gasteiger partial charge < -0.3 is 19.3 Å². The maximum absolute atomic E-state index is 10.4. The second-order valence-corrected chi connectivity index (χ2v) is 4.22. The van der Waals surface area contributed by atoms with Crippen LogP contribution in [-0.4, -0.2) is 25.5 Å². The third-order valence-electron chi connectivity index (χ3n) is 2.19. The van der Waals surface area contributed by atoms with Gasteiger partial charge in [0.2, 0.25) is 0 Å². The molecule has 1 aromatic heterocycles. The third kappa shape index (κ3) is 2.26. The predicted molar refractivity (Wildman–Crippen MR) is 63.6 cm³/mol. The minimum atomic E-state index is -1.32. The van der Waals surface area contributed by atoms with Crippen molar-refractivity contribution in [3.05, 3.63) is 18.2 Å². The van der Waals surface area contributed by atoms with E-state index >= 15 is 0 Å². The van der Waals surface area contributed by atoms with Crippen molar-refractivity contribution in [2.45, 2.75) is 0 Å². The van der Waals surface area contributed by atoms with Gasteiger partial charge in [-0.05, 0) is 6.07 Å². The van der Waals surface area contributed by atoms with Crippen molar-refractivity contribution in [1.82, 2.24) is 0 Å². The predicted octanol–water partition coefficient (Wildman–Crippen LogP) is 2.98. The number of ether oxygens (including phenoxy) is 3.